The molecule has 0 fully saturated rings. The molecular formula is C23H14BrN3O3. The number of anilines is 1. The topological polar surface area (TPSA) is 76.6 Å². The van der Waals surface area contributed by atoms with Gasteiger partial charge in [0.2, 0.25) is 0 Å². The van der Waals surface area contributed by atoms with Gasteiger partial charge in [0.1, 0.15) is 28.3 Å². The molecule has 1 N–H and O–H groups in total. The third kappa shape index (κ3) is 3.19. The van der Waals surface area contributed by atoms with E-state index in [1.807, 2.05) is 54.7 Å². The molecule has 5 rings (SSSR count). The van der Waals surface area contributed by atoms with Gasteiger partial charge >= 0.3 is 5.63 Å². The Morgan fingerprint density at radius 2 is 1.80 bits per heavy atom. The van der Waals surface area contributed by atoms with E-state index in [9.17, 15) is 9.59 Å². The van der Waals surface area contributed by atoms with Crippen molar-refractivity contribution >= 4 is 44.3 Å². The van der Waals surface area contributed by atoms with Crippen molar-refractivity contribution in [2.75, 3.05) is 5.32 Å². The second-order valence-electron chi connectivity index (χ2n) is 6.69. The highest BCUT2D eigenvalue weighted by atomic mass is 79.9. The summed E-state index contributed by atoms with van der Waals surface area (Å²) in [5, 5.41) is 3.51. The average molecular weight is 460 g/mol. The van der Waals surface area contributed by atoms with Gasteiger partial charge in [-0.25, -0.2) is 9.78 Å². The number of nitrogens with one attached hydrogen (secondary N) is 1. The first-order valence-electron chi connectivity index (χ1n) is 9.17. The van der Waals surface area contributed by atoms with Crippen LogP contribution in [0, 0.1) is 0 Å². The minimum Gasteiger partial charge on any atom is -0.422 e. The summed E-state index contributed by atoms with van der Waals surface area (Å²) in [6.45, 7) is 0. The van der Waals surface area contributed by atoms with Gasteiger partial charge in [-0.2, -0.15) is 0 Å². The van der Waals surface area contributed by atoms with E-state index in [-0.39, 0.29) is 5.56 Å². The molecule has 6 nitrogen and oxygen atoms in total. The average Bonchev–Trinajstić information content (AvgIpc) is 3.12. The normalized spacial score (nSPS) is 11.1. The first-order valence-corrected chi connectivity index (χ1v) is 9.97. The second-order valence-corrected chi connectivity index (χ2v) is 7.60. The van der Waals surface area contributed by atoms with Crippen molar-refractivity contribution in [2.45, 2.75) is 0 Å². The van der Waals surface area contributed by atoms with Crippen molar-refractivity contribution in [3.8, 4) is 11.3 Å². The Hall–Kier alpha value is -3.71. The summed E-state index contributed by atoms with van der Waals surface area (Å²) in [6, 6.07) is 21.9. The molecule has 0 unspecified atom stereocenters. The standard InChI is InChI=1S/C23H14BrN3O3/c24-16-9-10-18-15(12-16)13-17(23(29)30-18)22(28)26-21-20(14-6-2-1-3-7-14)25-19-8-4-5-11-27(19)21/h1-13H,(H,26,28). The highest BCUT2D eigenvalue weighted by molar-refractivity contribution is 9.10. The van der Waals surface area contributed by atoms with E-state index < -0.39 is 11.5 Å². The molecule has 0 atom stereocenters. The van der Waals surface area contributed by atoms with Gasteiger partial charge in [-0.05, 0) is 36.4 Å². The summed E-state index contributed by atoms with van der Waals surface area (Å²) in [4.78, 5) is 30.2. The van der Waals surface area contributed by atoms with Gasteiger partial charge in [0, 0.05) is 21.6 Å². The van der Waals surface area contributed by atoms with Crippen LogP contribution >= 0.6 is 15.9 Å². The van der Waals surface area contributed by atoms with E-state index in [1.54, 1.807) is 22.6 Å². The van der Waals surface area contributed by atoms with Crippen molar-refractivity contribution in [1.82, 2.24) is 9.38 Å². The number of hydrogen-bond acceptors (Lipinski definition) is 4. The number of benzene rings is 2. The molecule has 146 valence electrons. The number of rotatable bonds is 3. The molecule has 3 heterocycles. The molecule has 0 saturated carbocycles. The van der Waals surface area contributed by atoms with Crippen LogP contribution in [0.25, 0.3) is 27.9 Å². The first kappa shape index (κ1) is 18.3. The summed E-state index contributed by atoms with van der Waals surface area (Å²) in [6.07, 6.45) is 1.81. The Bertz CT molecular complexity index is 1470. The highest BCUT2D eigenvalue weighted by Crippen LogP contribution is 2.29. The molecule has 0 aliphatic rings. The lowest BCUT2D eigenvalue weighted by Gasteiger charge is -2.08. The summed E-state index contributed by atoms with van der Waals surface area (Å²) in [7, 11) is 0. The van der Waals surface area contributed by atoms with E-state index >= 15 is 0 Å². The van der Waals surface area contributed by atoms with Crippen molar-refractivity contribution in [3.05, 3.63) is 99.4 Å². The third-order valence-electron chi connectivity index (χ3n) is 4.75. The lowest BCUT2D eigenvalue weighted by molar-refractivity contribution is 0.102. The second kappa shape index (κ2) is 7.27. The fourth-order valence-electron chi connectivity index (χ4n) is 3.34. The predicted octanol–water partition coefficient (Wildman–Crippen LogP) is 5.12. The quantitative estimate of drug-likeness (QED) is 0.379. The smallest absolute Gasteiger partial charge is 0.349 e. The monoisotopic (exact) mass is 459 g/mol. The van der Waals surface area contributed by atoms with E-state index in [0.717, 1.165) is 10.0 Å². The minimum absolute atomic E-state index is 0.0782. The zero-order chi connectivity index (χ0) is 20.7. The van der Waals surface area contributed by atoms with Crippen molar-refractivity contribution in [2.24, 2.45) is 0 Å². The number of halogens is 1. The summed E-state index contributed by atoms with van der Waals surface area (Å²) < 4.78 is 7.93. The fraction of sp³-hybridized carbons (Fsp3) is 0. The van der Waals surface area contributed by atoms with Crippen LogP contribution in [0.15, 0.2) is 92.7 Å². The van der Waals surface area contributed by atoms with Gasteiger partial charge in [-0.3, -0.25) is 9.20 Å². The maximum atomic E-state index is 13.1. The van der Waals surface area contributed by atoms with Gasteiger partial charge in [0.25, 0.3) is 5.91 Å². The molecule has 1 amide bonds. The van der Waals surface area contributed by atoms with E-state index in [0.29, 0.717) is 28.1 Å². The number of pyridine rings is 1. The van der Waals surface area contributed by atoms with Crippen molar-refractivity contribution in [1.29, 1.82) is 0 Å². The number of carbonyl (C=O) groups is 1. The number of imidazole rings is 1. The molecule has 7 heteroatoms. The summed E-state index contributed by atoms with van der Waals surface area (Å²) >= 11 is 3.39. The molecule has 0 saturated heterocycles. The van der Waals surface area contributed by atoms with Crippen LogP contribution in [0.2, 0.25) is 0 Å². The van der Waals surface area contributed by atoms with Gasteiger partial charge in [-0.15, -0.1) is 0 Å². The molecule has 5 aromatic rings. The lowest BCUT2D eigenvalue weighted by atomic mass is 10.1. The third-order valence-corrected chi connectivity index (χ3v) is 5.24. The Labute approximate surface area is 178 Å². The first-order chi connectivity index (χ1) is 14.6. The van der Waals surface area contributed by atoms with Crippen molar-refractivity contribution in [3.63, 3.8) is 0 Å². The Morgan fingerprint density at radius 3 is 2.63 bits per heavy atom. The number of amides is 1. The van der Waals surface area contributed by atoms with E-state index in [2.05, 4.69) is 26.2 Å². The lowest BCUT2D eigenvalue weighted by Crippen LogP contribution is -2.21. The van der Waals surface area contributed by atoms with Crippen LogP contribution in [0.4, 0.5) is 5.82 Å². The Morgan fingerprint density at radius 1 is 1.00 bits per heavy atom. The SMILES string of the molecule is O=C(Nc1c(-c2ccccc2)nc2ccccn12)c1cc2cc(Br)ccc2oc1=O. The molecule has 2 aromatic carbocycles. The van der Waals surface area contributed by atoms with E-state index in [4.69, 9.17) is 4.42 Å². The van der Waals surface area contributed by atoms with Gasteiger partial charge < -0.3 is 9.73 Å². The molecule has 0 aliphatic heterocycles. The summed E-state index contributed by atoms with van der Waals surface area (Å²) in [5.74, 6) is -0.0796. The zero-order valence-electron chi connectivity index (χ0n) is 15.5. The maximum Gasteiger partial charge on any atom is 0.349 e. The molecule has 0 aliphatic carbocycles. The number of carbonyl (C=O) groups excluding carboxylic acids is 1. The molecule has 0 spiro atoms. The Kier molecular flexibility index (Phi) is 4.44. The molecule has 3 aromatic heterocycles. The van der Waals surface area contributed by atoms with Crippen LogP contribution in [0.1, 0.15) is 10.4 Å². The number of hydrogen-bond donors (Lipinski definition) is 1. The highest BCUT2D eigenvalue weighted by Gasteiger charge is 2.20. The largest absolute Gasteiger partial charge is 0.422 e. The molecule has 0 bridgehead atoms. The van der Waals surface area contributed by atoms with Gasteiger partial charge in [0.15, 0.2) is 0 Å². The number of nitrogens with zero attached hydrogens (tertiary/aromatic N) is 2. The molecular weight excluding hydrogens is 446 g/mol. The Balaban J connectivity index is 1.62. The van der Waals surface area contributed by atoms with Crippen LogP contribution in [-0.2, 0) is 0 Å². The maximum absolute atomic E-state index is 13.1. The van der Waals surface area contributed by atoms with Crippen LogP contribution < -0.4 is 10.9 Å². The number of fused-ring (bicyclic) bond motifs is 2. The number of aromatic nitrogens is 2. The van der Waals surface area contributed by atoms with Crippen LogP contribution in [0.5, 0.6) is 0 Å². The van der Waals surface area contributed by atoms with Gasteiger partial charge in [0.05, 0.1) is 0 Å². The van der Waals surface area contributed by atoms with Crippen LogP contribution in [-0.4, -0.2) is 15.3 Å². The molecule has 30 heavy (non-hydrogen) atoms. The van der Waals surface area contributed by atoms with Crippen molar-refractivity contribution < 1.29 is 9.21 Å². The minimum atomic E-state index is -0.697. The fourth-order valence-corrected chi connectivity index (χ4v) is 3.72. The molecule has 0 radical (unpaired) electrons. The summed E-state index contributed by atoms with van der Waals surface area (Å²) in [5.41, 5.74) is 1.79. The zero-order valence-corrected chi connectivity index (χ0v) is 17.1. The van der Waals surface area contributed by atoms with E-state index in [1.165, 1.54) is 6.07 Å². The van der Waals surface area contributed by atoms with Crippen LogP contribution in [0.3, 0.4) is 0 Å². The predicted molar refractivity (Wildman–Crippen MR) is 119 cm³/mol. The van der Waals surface area contributed by atoms with Gasteiger partial charge in [-0.1, -0.05) is 52.3 Å².